The number of benzene rings is 1. The minimum absolute atomic E-state index is 0.0353. The molecule has 0 spiro atoms. The van der Waals surface area contributed by atoms with Gasteiger partial charge in [0.15, 0.2) is 0 Å². The van der Waals surface area contributed by atoms with Gasteiger partial charge < -0.3 is 5.73 Å². The molecule has 0 aliphatic rings. The van der Waals surface area contributed by atoms with Crippen LogP contribution in [0.4, 0.5) is 0 Å². The Morgan fingerprint density at radius 2 is 2.05 bits per heavy atom. The van der Waals surface area contributed by atoms with Crippen molar-refractivity contribution < 1.29 is 0 Å². The molecule has 3 heteroatoms. The molecule has 1 atom stereocenters. The Hall–Kier alpha value is -1.61. The van der Waals surface area contributed by atoms with Crippen LogP contribution in [-0.2, 0) is 19.9 Å². The Morgan fingerprint density at radius 1 is 1.32 bits per heavy atom. The largest absolute Gasteiger partial charge is 0.324 e. The fraction of sp³-hybridized carbons (Fsp3) is 0.438. The van der Waals surface area contributed by atoms with E-state index < -0.39 is 0 Å². The van der Waals surface area contributed by atoms with Crippen LogP contribution in [0.5, 0.6) is 0 Å². The first-order valence-corrected chi connectivity index (χ1v) is 6.86. The molecule has 1 aromatic carbocycles. The fourth-order valence-electron chi connectivity index (χ4n) is 2.49. The van der Waals surface area contributed by atoms with Crippen molar-refractivity contribution in [3.8, 4) is 0 Å². The van der Waals surface area contributed by atoms with E-state index in [1.54, 1.807) is 0 Å². The minimum atomic E-state index is 0.0353. The lowest BCUT2D eigenvalue weighted by Gasteiger charge is -2.13. The average molecular weight is 257 g/mol. The number of hydrogen-bond acceptors (Lipinski definition) is 2. The summed E-state index contributed by atoms with van der Waals surface area (Å²) in [6, 6.07) is 8.61. The molecule has 2 aromatic rings. The molecule has 1 aromatic heterocycles. The lowest BCUT2D eigenvalue weighted by atomic mass is 9.96. The van der Waals surface area contributed by atoms with Crippen molar-refractivity contribution in [3.05, 3.63) is 52.3 Å². The zero-order chi connectivity index (χ0) is 14.0. The van der Waals surface area contributed by atoms with Gasteiger partial charge in [0, 0.05) is 18.8 Å². The fourth-order valence-corrected chi connectivity index (χ4v) is 2.49. The molecule has 2 N–H and O–H groups in total. The van der Waals surface area contributed by atoms with E-state index in [0.717, 1.165) is 18.5 Å². The Kier molecular flexibility index (Phi) is 4.05. The smallest absolute Gasteiger partial charge is 0.0629 e. The number of hydrogen-bond donors (Lipinski definition) is 1. The molecule has 2 rings (SSSR count). The Balaban J connectivity index is 2.22. The van der Waals surface area contributed by atoms with Gasteiger partial charge in [0.05, 0.1) is 5.69 Å². The maximum Gasteiger partial charge on any atom is 0.0629 e. The topological polar surface area (TPSA) is 43.8 Å². The van der Waals surface area contributed by atoms with E-state index in [0.29, 0.717) is 0 Å². The molecule has 1 unspecified atom stereocenters. The standard InChI is InChI=1S/C16H23N3/c1-5-13-7-6-8-14(9-13)16(17)10-15-11(2)18-19(4)12(15)3/h6-9,16H,5,10,17H2,1-4H3. The summed E-state index contributed by atoms with van der Waals surface area (Å²) in [6.45, 7) is 6.32. The summed E-state index contributed by atoms with van der Waals surface area (Å²) < 4.78 is 1.93. The molecule has 0 saturated carbocycles. The van der Waals surface area contributed by atoms with Crippen molar-refractivity contribution in [2.45, 2.75) is 39.7 Å². The molecule has 0 aliphatic heterocycles. The van der Waals surface area contributed by atoms with Crippen LogP contribution in [0, 0.1) is 13.8 Å². The second-order valence-corrected chi connectivity index (χ2v) is 5.18. The summed E-state index contributed by atoms with van der Waals surface area (Å²) in [5.74, 6) is 0. The van der Waals surface area contributed by atoms with Gasteiger partial charge in [-0.3, -0.25) is 4.68 Å². The summed E-state index contributed by atoms with van der Waals surface area (Å²) in [6.07, 6.45) is 1.89. The molecule has 0 fully saturated rings. The predicted molar refractivity (Wildman–Crippen MR) is 79.1 cm³/mol. The third kappa shape index (κ3) is 2.87. The van der Waals surface area contributed by atoms with E-state index in [1.165, 1.54) is 22.4 Å². The first-order chi connectivity index (χ1) is 9.02. The molecule has 0 amide bonds. The highest BCUT2D eigenvalue weighted by atomic mass is 15.3. The van der Waals surface area contributed by atoms with Crippen LogP contribution >= 0.6 is 0 Å². The maximum atomic E-state index is 6.36. The SMILES string of the molecule is CCc1cccc(C(N)Cc2c(C)nn(C)c2C)c1. The number of rotatable bonds is 4. The van der Waals surface area contributed by atoms with Crippen LogP contribution in [0.3, 0.4) is 0 Å². The van der Waals surface area contributed by atoms with Gasteiger partial charge in [0.2, 0.25) is 0 Å². The van der Waals surface area contributed by atoms with Crippen LogP contribution < -0.4 is 5.73 Å². The molecule has 102 valence electrons. The highest BCUT2D eigenvalue weighted by molar-refractivity contribution is 5.30. The normalized spacial score (nSPS) is 12.7. The zero-order valence-electron chi connectivity index (χ0n) is 12.3. The first-order valence-electron chi connectivity index (χ1n) is 6.86. The molecule has 0 saturated heterocycles. The van der Waals surface area contributed by atoms with Crippen molar-refractivity contribution >= 4 is 0 Å². The summed E-state index contributed by atoms with van der Waals surface area (Å²) in [4.78, 5) is 0. The minimum Gasteiger partial charge on any atom is -0.324 e. The third-order valence-corrected chi connectivity index (χ3v) is 3.87. The van der Waals surface area contributed by atoms with Gasteiger partial charge in [-0.2, -0.15) is 5.10 Å². The van der Waals surface area contributed by atoms with E-state index in [2.05, 4.69) is 50.1 Å². The Morgan fingerprint density at radius 3 is 2.63 bits per heavy atom. The molecule has 0 radical (unpaired) electrons. The van der Waals surface area contributed by atoms with E-state index in [9.17, 15) is 0 Å². The molecule has 0 aliphatic carbocycles. The third-order valence-electron chi connectivity index (χ3n) is 3.87. The van der Waals surface area contributed by atoms with Crippen LogP contribution in [0.25, 0.3) is 0 Å². The highest BCUT2D eigenvalue weighted by Crippen LogP contribution is 2.21. The molecular weight excluding hydrogens is 234 g/mol. The molecule has 0 bridgehead atoms. The van der Waals surface area contributed by atoms with Gasteiger partial charge in [0.1, 0.15) is 0 Å². The second kappa shape index (κ2) is 5.57. The van der Waals surface area contributed by atoms with E-state index >= 15 is 0 Å². The van der Waals surface area contributed by atoms with Gasteiger partial charge in [-0.1, -0.05) is 31.2 Å². The second-order valence-electron chi connectivity index (χ2n) is 5.18. The summed E-state index contributed by atoms with van der Waals surface area (Å²) >= 11 is 0. The number of nitrogens with two attached hydrogens (primary N) is 1. The zero-order valence-corrected chi connectivity index (χ0v) is 12.3. The molecule has 19 heavy (non-hydrogen) atoms. The highest BCUT2D eigenvalue weighted by Gasteiger charge is 2.14. The maximum absolute atomic E-state index is 6.36. The van der Waals surface area contributed by atoms with Gasteiger partial charge >= 0.3 is 0 Å². The monoisotopic (exact) mass is 257 g/mol. The molecule has 1 heterocycles. The van der Waals surface area contributed by atoms with Crippen LogP contribution in [-0.4, -0.2) is 9.78 Å². The van der Waals surface area contributed by atoms with Crippen LogP contribution in [0.2, 0.25) is 0 Å². The molecular formula is C16H23N3. The average Bonchev–Trinajstić information content (AvgIpc) is 2.65. The van der Waals surface area contributed by atoms with Gasteiger partial charge in [0.25, 0.3) is 0 Å². The molecule has 3 nitrogen and oxygen atoms in total. The van der Waals surface area contributed by atoms with Crippen molar-refractivity contribution in [2.75, 3.05) is 0 Å². The summed E-state index contributed by atoms with van der Waals surface area (Å²) in [5.41, 5.74) is 12.5. The van der Waals surface area contributed by atoms with Gasteiger partial charge in [-0.05, 0) is 43.4 Å². The Labute approximate surface area is 115 Å². The van der Waals surface area contributed by atoms with E-state index in [4.69, 9.17) is 5.73 Å². The van der Waals surface area contributed by atoms with Crippen molar-refractivity contribution in [2.24, 2.45) is 12.8 Å². The number of aryl methyl sites for hydroxylation is 3. The number of aromatic nitrogens is 2. The summed E-state index contributed by atoms with van der Waals surface area (Å²) in [7, 11) is 1.98. The van der Waals surface area contributed by atoms with Gasteiger partial charge in [-0.15, -0.1) is 0 Å². The Bertz CT molecular complexity index is 569. The van der Waals surface area contributed by atoms with Gasteiger partial charge in [-0.25, -0.2) is 0 Å². The van der Waals surface area contributed by atoms with E-state index in [1.807, 2.05) is 11.7 Å². The lowest BCUT2D eigenvalue weighted by molar-refractivity contribution is 0.706. The van der Waals surface area contributed by atoms with Crippen molar-refractivity contribution in [3.63, 3.8) is 0 Å². The van der Waals surface area contributed by atoms with Crippen LogP contribution in [0.15, 0.2) is 24.3 Å². The predicted octanol–water partition coefficient (Wildman–Crippen LogP) is 2.84. The van der Waals surface area contributed by atoms with E-state index in [-0.39, 0.29) is 6.04 Å². The quantitative estimate of drug-likeness (QED) is 0.915. The number of nitrogens with zero attached hydrogens (tertiary/aromatic N) is 2. The van der Waals surface area contributed by atoms with Crippen molar-refractivity contribution in [1.82, 2.24) is 9.78 Å². The first kappa shape index (κ1) is 13.8. The van der Waals surface area contributed by atoms with Crippen LogP contribution in [0.1, 0.15) is 41.0 Å². The summed E-state index contributed by atoms with van der Waals surface area (Å²) in [5, 5.41) is 4.45. The van der Waals surface area contributed by atoms with Crippen molar-refractivity contribution in [1.29, 1.82) is 0 Å². The lowest BCUT2D eigenvalue weighted by Crippen LogP contribution is -2.14.